The Labute approximate surface area is 110 Å². The van der Waals surface area contributed by atoms with Gasteiger partial charge in [-0.3, -0.25) is 9.59 Å². The largest absolute Gasteiger partial charge is 0.494 e. The summed E-state index contributed by atoms with van der Waals surface area (Å²) in [6.07, 6.45) is 2.86. The molecule has 0 bridgehead atoms. The zero-order valence-electron chi connectivity index (χ0n) is 10.5. The fraction of sp³-hybridized carbons (Fsp3) is 0.143. The van der Waals surface area contributed by atoms with Crippen molar-refractivity contribution in [1.29, 1.82) is 0 Å². The van der Waals surface area contributed by atoms with Gasteiger partial charge in [0.05, 0.1) is 6.61 Å². The number of pyridine rings is 1. The highest BCUT2D eigenvalue weighted by Crippen LogP contribution is 2.15. The molecule has 0 saturated carbocycles. The van der Waals surface area contributed by atoms with E-state index in [9.17, 15) is 9.59 Å². The summed E-state index contributed by atoms with van der Waals surface area (Å²) in [7, 11) is 0. The second kappa shape index (κ2) is 5.86. The van der Waals surface area contributed by atoms with E-state index in [1.807, 2.05) is 6.92 Å². The van der Waals surface area contributed by atoms with E-state index in [1.54, 1.807) is 24.3 Å². The summed E-state index contributed by atoms with van der Waals surface area (Å²) >= 11 is 0. The van der Waals surface area contributed by atoms with E-state index in [-0.39, 0.29) is 11.0 Å². The van der Waals surface area contributed by atoms with Crippen molar-refractivity contribution in [3.63, 3.8) is 0 Å². The molecule has 0 spiro atoms. The van der Waals surface area contributed by atoms with Gasteiger partial charge in [-0.15, -0.1) is 0 Å². The van der Waals surface area contributed by atoms with Gasteiger partial charge in [0.2, 0.25) is 0 Å². The molecule has 2 rings (SSSR count). The molecule has 0 aliphatic carbocycles. The number of rotatable bonds is 4. The predicted molar refractivity (Wildman–Crippen MR) is 72.6 cm³/mol. The van der Waals surface area contributed by atoms with Gasteiger partial charge < -0.3 is 15.0 Å². The van der Waals surface area contributed by atoms with Gasteiger partial charge in [0.1, 0.15) is 11.3 Å². The molecule has 0 unspecified atom stereocenters. The van der Waals surface area contributed by atoms with Gasteiger partial charge in [-0.05, 0) is 31.2 Å². The van der Waals surface area contributed by atoms with Crippen LogP contribution in [0.15, 0.2) is 47.5 Å². The lowest BCUT2D eigenvalue weighted by molar-refractivity contribution is 0.102. The van der Waals surface area contributed by atoms with E-state index < -0.39 is 5.91 Å². The van der Waals surface area contributed by atoms with Crippen LogP contribution in [0, 0.1) is 0 Å². The van der Waals surface area contributed by atoms with Gasteiger partial charge >= 0.3 is 0 Å². The highest BCUT2D eigenvalue weighted by Gasteiger charge is 2.09. The van der Waals surface area contributed by atoms with E-state index in [0.29, 0.717) is 12.3 Å². The molecule has 0 radical (unpaired) electrons. The molecular formula is C14H14N2O3. The fourth-order valence-electron chi connectivity index (χ4n) is 1.59. The Balaban J connectivity index is 2.11. The van der Waals surface area contributed by atoms with Crippen LogP contribution >= 0.6 is 0 Å². The molecule has 0 fully saturated rings. The van der Waals surface area contributed by atoms with Crippen molar-refractivity contribution in [3.05, 3.63) is 58.5 Å². The van der Waals surface area contributed by atoms with E-state index >= 15 is 0 Å². The minimum absolute atomic E-state index is 0.0800. The summed E-state index contributed by atoms with van der Waals surface area (Å²) in [6.45, 7) is 2.49. The monoisotopic (exact) mass is 258 g/mol. The number of anilines is 1. The lowest BCUT2D eigenvalue weighted by Gasteiger charge is -2.06. The maximum Gasteiger partial charge on any atom is 0.261 e. The van der Waals surface area contributed by atoms with Crippen molar-refractivity contribution < 1.29 is 9.53 Å². The number of H-pyrrole nitrogens is 1. The summed E-state index contributed by atoms with van der Waals surface area (Å²) < 4.78 is 5.30. The smallest absolute Gasteiger partial charge is 0.261 e. The Kier molecular flexibility index (Phi) is 3.97. The van der Waals surface area contributed by atoms with Crippen molar-refractivity contribution in [2.24, 2.45) is 0 Å². The Bertz CT molecular complexity index is 617. The molecule has 2 N–H and O–H groups in total. The van der Waals surface area contributed by atoms with Gasteiger partial charge in [0.25, 0.3) is 5.91 Å². The fourth-order valence-corrected chi connectivity index (χ4v) is 1.59. The van der Waals surface area contributed by atoms with Crippen LogP contribution in [0.5, 0.6) is 5.75 Å². The number of benzene rings is 1. The van der Waals surface area contributed by atoms with Crippen molar-refractivity contribution >= 4 is 11.6 Å². The Morgan fingerprint density at radius 2 is 2.00 bits per heavy atom. The summed E-state index contributed by atoms with van der Waals surface area (Å²) in [4.78, 5) is 26.1. The maximum absolute atomic E-state index is 11.9. The predicted octanol–water partition coefficient (Wildman–Crippen LogP) is 2.03. The molecular weight excluding hydrogens is 244 g/mol. The molecule has 2 aromatic rings. The van der Waals surface area contributed by atoms with Crippen molar-refractivity contribution in [2.75, 3.05) is 11.9 Å². The van der Waals surface area contributed by atoms with E-state index in [1.165, 1.54) is 18.5 Å². The number of hydrogen-bond acceptors (Lipinski definition) is 3. The molecule has 1 aromatic carbocycles. The number of amides is 1. The minimum atomic E-state index is -0.439. The van der Waals surface area contributed by atoms with Crippen LogP contribution in [0.1, 0.15) is 17.3 Å². The average Bonchev–Trinajstić information content (AvgIpc) is 2.42. The Hall–Kier alpha value is -2.56. The second-order valence-electron chi connectivity index (χ2n) is 3.83. The third-order valence-electron chi connectivity index (χ3n) is 2.49. The molecule has 1 aromatic heterocycles. The topological polar surface area (TPSA) is 71.2 Å². The molecule has 0 atom stereocenters. The first kappa shape index (κ1) is 12.9. The summed E-state index contributed by atoms with van der Waals surface area (Å²) in [5.41, 5.74) is 0.371. The maximum atomic E-state index is 11.9. The number of carbonyl (C=O) groups excluding carboxylic acids is 1. The zero-order valence-corrected chi connectivity index (χ0v) is 10.5. The average molecular weight is 258 g/mol. The SMILES string of the molecule is CCOc1ccc(NC(=O)c2c[nH]ccc2=O)cc1. The van der Waals surface area contributed by atoms with Crippen LogP contribution in [-0.2, 0) is 0 Å². The first-order valence-corrected chi connectivity index (χ1v) is 5.92. The van der Waals surface area contributed by atoms with Gasteiger partial charge in [0, 0.05) is 24.1 Å². The first-order chi connectivity index (χ1) is 9.20. The summed E-state index contributed by atoms with van der Waals surface area (Å²) in [6, 6.07) is 8.27. The zero-order chi connectivity index (χ0) is 13.7. The third-order valence-corrected chi connectivity index (χ3v) is 2.49. The number of ether oxygens (including phenoxy) is 1. The normalized spacial score (nSPS) is 9.95. The van der Waals surface area contributed by atoms with E-state index in [2.05, 4.69) is 10.3 Å². The molecule has 5 heteroatoms. The quantitative estimate of drug-likeness (QED) is 0.881. The lowest BCUT2D eigenvalue weighted by Crippen LogP contribution is -2.20. The number of carbonyl (C=O) groups is 1. The van der Waals surface area contributed by atoms with Crippen LogP contribution in [0.3, 0.4) is 0 Å². The third kappa shape index (κ3) is 3.22. The molecule has 0 aliphatic heterocycles. The van der Waals surface area contributed by atoms with E-state index in [4.69, 9.17) is 4.74 Å². The van der Waals surface area contributed by atoms with Crippen molar-refractivity contribution in [2.45, 2.75) is 6.92 Å². The summed E-state index contributed by atoms with van der Waals surface area (Å²) in [5.74, 6) is 0.295. The van der Waals surface area contributed by atoms with Gasteiger partial charge in [0.15, 0.2) is 5.43 Å². The van der Waals surface area contributed by atoms with Crippen LogP contribution in [0.4, 0.5) is 5.69 Å². The van der Waals surface area contributed by atoms with Crippen LogP contribution < -0.4 is 15.5 Å². The van der Waals surface area contributed by atoms with Crippen molar-refractivity contribution in [3.8, 4) is 5.75 Å². The Morgan fingerprint density at radius 3 is 2.63 bits per heavy atom. The highest BCUT2D eigenvalue weighted by atomic mass is 16.5. The number of hydrogen-bond donors (Lipinski definition) is 2. The molecule has 1 amide bonds. The minimum Gasteiger partial charge on any atom is -0.494 e. The lowest BCUT2D eigenvalue weighted by atomic mass is 10.2. The number of aromatic amines is 1. The highest BCUT2D eigenvalue weighted by molar-refractivity contribution is 6.03. The van der Waals surface area contributed by atoms with Gasteiger partial charge in [-0.2, -0.15) is 0 Å². The Morgan fingerprint density at radius 1 is 1.26 bits per heavy atom. The molecule has 1 heterocycles. The molecule has 0 aliphatic rings. The molecule has 5 nitrogen and oxygen atoms in total. The molecule has 19 heavy (non-hydrogen) atoms. The standard InChI is InChI=1S/C14H14N2O3/c1-2-19-11-5-3-10(4-6-11)16-14(18)12-9-15-8-7-13(12)17/h3-9H,2H2,1H3,(H,15,17)(H,16,18). The first-order valence-electron chi connectivity index (χ1n) is 5.92. The van der Waals surface area contributed by atoms with Crippen LogP contribution in [0.2, 0.25) is 0 Å². The van der Waals surface area contributed by atoms with Crippen LogP contribution in [-0.4, -0.2) is 17.5 Å². The number of aromatic nitrogens is 1. The van der Waals surface area contributed by atoms with Crippen LogP contribution in [0.25, 0.3) is 0 Å². The molecule has 0 saturated heterocycles. The summed E-state index contributed by atoms with van der Waals surface area (Å²) in [5, 5.41) is 2.65. The molecule has 98 valence electrons. The van der Waals surface area contributed by atoms with Gasteiger partial charge in [-0.25, -0.2) is 0 Å². The number of nitrogens with one attached hydrogen (secondary N) is 2. The van der Waals surface area contributed by atoms with Crippen molar-refractivity contribution in [1.82, 2.24) is 4.98 Å². The second-order valence-corrected chi connectivity index (χ2v) is 3.83. The van der Waals surface area contributed by atoms with Gasteiger partial charge in [-0.1, -0.05) is 0 Å². The van der Waals surface area contributed by atoms with E-state index in [0.717, 1.165) is 5.75 Å².